The van der Waals surface area contributed by atoms with Crippen molar-refractivity contribution in [1.82, 2.24) is 19.5 Å². The second kappa shape index (κ2) is 7.32. The molecule has 0 amide bonds. The summed E-state index contributed by atoms with van der Waals surface area (Å²) in [4.78, 5) is 24.8. The number of nitrogens with zero attached hydrogens (tertiary/aromatic N) is 3. The average molecular weight is 417 g/mol. The number of anilines is 2. The van der Waals surface area contributed by atoms with Gasteiger partial charge in [-0.3, -0.25) is 9.36 Å². The molecular formula is C23H17F2N5O. The van der Waals surface area contributed by atoms with Gasteiger partial charge < -0.3 is 10.3 Å². The van der Waals surface area contributed by atoms with Crippen LogP contribution >= 0.6 is 0 Å². The molecule has 0 saturated carbocycles. The van der Waals surface area contributed by atoms with E-state index >= 15 is 0 Å². The normalized spacial score (nSPS) is 11.3. The summed E-state index contributed by atoms with van der Waals surface area (Å²) in [7, 11) is 1.61. The van der Waals surface area contributed by atoms with Gasteiger partial charge in [0.05, 0.1) is 0 Å². The van der Waals surface area contributed by atoms with Crippen molar-refractivity contribution in [3.8, 4) is 0 Å². The van der Waals surface area contributed by atoms with Gasteiger partial charge in [0, 0.05) is 59.5 Å². The van der Waals surface area contributed by atoms with Gasteiger partial charge in [0.1, 0.15) is 17.3 Å². The standard InChI is InChI=1S/C23H17F2N5O/c1-30-21-16(9-15(22(30)31)8-13-2-3-17(24)11-19(13)25)12-27-23(29-21)28-18-4-5-20-14(10-18)6-7-26-20/h2-7,9-12,26H,8H2,1H3,(H,27,28,29). The Labute approximate surface area is 175 Å². The lowest BCUT2D eigenvalue weighted by molar-refractivity contribution is 0.574. The maximum Gasteiger partial charge on any atom is 0.255 e. The fourth-order valence-electron chi connectivity index (χ4n) is 3.63. The van der Waals surface area contributed by atoms with E-state index in [-0.39, 0.29) is 17.5 Å². The van der Waals surface area contributed by atoms with Crippen LogP contribution in [-0.2, 0) is 13.5 Å². The van der Waals surface area contributed by atoms with E-state index in [0.717, 1.165) is 22.7 Å². The average Bonchev–Trinajstić information content (AvgIpc) is 3.22. The van der Waals surface area contributed by atoms with E-state index in [1.807, 2.05) is 30.5 Å². The second-order valence-corrected chi connectivity index (χ2v) is 7.32. The summed E-state index contributed by atoms with van der Waals surface area (Å²) in [5.41, 5.74) is 2.63. The zero-order valence-electron chi connectivity index (χ0n) is 16.5. The first kappa shape index (κ1) is 18.9. The van der Waals surface area contributed by atoms with Gasteiger partial charge in [-0.25, -0.2) is 13.8 Å². The summed E-state index contributed by atoms with van der Waals surface area (Å²) in [5.74, 6) is -0.983. The first-order valence-electron chi connectivity index (χ1n) is 9.62. The first-order chi connectivity index (χ1) is 15.0. The molecule has 5 rings (SSSR count). The maximum atomic E-state index is 14.0. The number of halogens is 2. The quantitative estimate of drug-likeness (QED) is 0.454. The maximum absolute atomic E-state index is 14.0. The molecule has 3 heterocycles. The Morgan fingerprint density at radius 3 is 2.74 bits per heavy atom. The summed E-state index contributed by atoms with van der Waals surface area (Å²) >= 11 is 0. The first-order valence-corrected chi connectivity index (χ1v) is 9.62. The predicted molar refractivity (Wildman–Crippen MR) is 116 cm³/mol. The molecule has 0 bridgehead atoms. The van der Waals surface area contributed by atoms with E-state index in [2.05, 4.69) is 20.3 Å². The van der Waals surface area contributed by atoms with Gasteiger partial charge in [0.15, 0.2) is 0 Å². The van der Waals surface area contributed by atoms with E-state index < -0.39 is 11.6 Å². The summed E-state index contributed by atoms with van der Waals surface area (Å²) in [6.07, 6.45) is 3.53. The highest BCUT2D eigenvalue weighted by atomic mass is 19.1. The molecular weight excluding hydrogens is 400 g/mol. The van der Waals surface area contributed by atoms with Gasteiger partial charge >= 0.3 is 0 Å². The summed E-state index contributed by atoms with van der Waals surface area (Å²) in [6, 6.07) is 12.8. The van der Waals surface area contributed by atoms with Crippen LogP contribution in [-0.4, -0.2) is 19.5 Å². The number of aromatic nitrogens is 4. The molecule has 0 atom stereocenters. The van der Waals surface area contributed by atoms with Crippen LogP contribution in [0.5, 0.6) is 0 Å². The molecule has 154 valence electrons. The highest BCUT2D eigenvalue weighted by Gasteiger charge is 2.13. The van der Waals surface area contributed by atoms with Gasteiger partial charge in [0.2, 0.25) is 5.95 Å². The lowest BCUT2D eigenvalue weighted by atomic mass is 10.0. The molecule has 31 heavy (non-hydrogen) atoms. The molecule has 0 unspecified atom stereocenters. The molecule has 2 aromatic carbocycles. The Morgan fingerprint density at radius 2 is 1.90 bits per heavy atom. The van der Waals surface area contributed by atoms with Gasteiger partial charge in [0.25, 0.3) is 5.56 Å². The minimum atomic E-state index is -0.683. The molecule has 0 aliphatic carbocycles. The Bertz CT molecular complexity index is 1510. The third-order valence-electron chi connectivity index (χ3n) is 5.23. The van der Waals surface area contributed by atoms with Crippen molar-refractivity contribution in [3.05, 3.63) is 94.0 Å². The Kier molecular flexibility index (Phi) is 4.47. The number of aryl methyl sites for hydroxylation is 1. The number of rotatable bonds is 4. The lowest BCUT2D eigenvalue weighted by Crippen LogP contribution is -2.22. The highest BCUT2D eigenvalue weighted by molar-refractivity contribution is 5.84. The van der Waals surface area contributed by atoms with Gasteiger partial charge in [-0.15, -0.1) is 0 Å². The van der Waals surface area contributed by atoms with Gasteiger partial charge in [-0.05, 0) is 42.0 Å². The number of H-pyrrole nitrogens is 1. The molecule has 8 heteroatoms. The zero-order valence-corrected chi connectivity index (χ0v) is 16.5. The molecule has 0 aliphatic rings. The fraction of sp³-hybridized carbons (Fsp3) is 0.0870. The third-order valence-corrected chi connectivity index (χ3v) is 5.23. The van der Waals surface area contributed by atoms with Crippen molar-refractivity contribution in [1.29, 1.82) is 0 Å². The van der Waals surface area contributed by atoms with Crippen molar-refractivity contribution in [2.24, 2.45) is 7.05 Å². The van der Waals surface area contributed by atoms with Crippen LogP contribution in [0.15, 0.2) is 65.7 Å². The van der Waals surface area contributed by atoms with Crippen molar-refractivity contribution in [3.63, 3.8) is 0 Å². The highest BCUT2D eigenvalue weighted by Crippen LogP contribution is 2.21. The molecule has 0 spiro atoms. The lowest BCUT2D eigenvalue weighted by Gasteiger charge is -2.11. The third kappa shape index (κ3) is 3.52. The Hall–Kier alpha value is -4.07. The van der Waals surface area contributed by atoms with Crippen LogP contribution in [0.2, 0.25) is 0 Å². The number of nitrogens with one attached hydrogen (secondary N) is 2. The second-order valence-electron chi connectivity index (χ2n) is 7.32. The summed E-state index contributed by atoms with van der Waals surface area (Å²) in [6.45, 7) is 0. The van der Waals surface area contributed by atoms with Gasteiger partial charge in [-0.2, -0.15) is 4.98 Å². The van der Waals surface area contributed by atoms with Crippen LogP contribution in [0.3, 0.4) is 0 Å². The molecule has 3 aromatic heterocycles. The number of hydrogen-bond acceptors (Lipinski definition) is 4. The van der Waals surface area contributed by atoms with Crippen molar-refractivity contribution in [2.45, 2.75) is 6.42 Å². The number of pyridine rings is 1. The number of aromatic amines is 1. The fourth-order valence-corrected chi connectivity index (χ4v) is 3.63. The van der Waals surface area contributed by atoms with E-state index in [9.17, 15) is 13.6 Å². The monoisotopic (exact) mass is 417 g/mol. The Morgan fingerprint density at radius 1 is 1.03 bits per heavy atom. The van der Waals surface area contributed by atoms with Crippen molar-refractivity contribution >= 4 is 33.6 Å². The van der Waals surface area contributed by atoms with Crippen LogP contribution in [0.25, 0.3) is 21.9 Å². The minimum absolute atomic E-state index is 0.0470. The number of fused-ring (bicyclic) bond motifs is 2. The van der Waals surface area contributed by atoms with Crippen LogP contribution < -0.4 is 10.9 Å². The van der Waals surface area contributed by atoms with Crippen molar-refractivity contribution in [2.75, 3.05) is 5.32 Å². The molecule has 0 aliphatic heterocycles. The molecule has 2 N–H and O–H groups in total. The summed E-state index contributed by atoms with van der Waals surface area (Å²) in [5, 5.41) is 4.85. The molecule has 0 fully saturated rings. The van der Waals surface area contributed by atoms with Crippen LogP contribution in [0.4, 0.5) is 20.4 Å². The Balaban J connectivity index is 1.49. The number of hydrogen-bond donors (Lipinski definition) is 2. The SMILES string of the molecule is Cn1c(=O)c(Cc2ccc(F)cc2F)cc2cnc(Nc3ccc4[nH]ccc4c3)nc21. The zero-order chi connectivity index (χ0) is 21.5. The molecule has 6 nitrogen and oxygen atoms in total. The van der Waals surface area contributed by atoms with E-state index in [0.29, 0.717) is 22.5 Å². The van der Waals surface area contributed by atoms with Crippen LogP contribution in [0, 0.1) is 11.6 Å². The van der Waals surface area contributed by atoms with E-state index in [4.69, 9.17) is 0 Å². The smallest absolute Gasteiger partial charge is 0.255 e. The molecule has 0 radical (unpaired) electrons. The topological polar surface area (TPSA) is 75.6 Å². The number of benzene rings is 2. The minimum Gasteiger partial charge on any atom is -0.361 e. The van der Waals surface area contributed by atoms with Crippen LogP contribution in [0.1, 0.15) is 11.1 Å². The van der Waals surface area contributed by atoms with E-state index in [1.165, 1.54) is 16.7 Å². The molecule has 5 aromatic rings. The van der Waals surface area contributed by atoms with E-state index in [1.54, 1.807) is 19.3 Å². The van der Waals surface area contributed by atoms with Crippen molar-refractivity contribution < 1.29 is 8.78 Å². The largest absolute Gasteiger partial charge is 0.361 e. The summed E-state index contributed by atoms with van der Waals surface area (Å²) < 4.78 is 28.6. The predicted octanol–water partition coefficient (Wildman–Crippen LogP) is 4.42. The van der Waals surface area contributed by atoms with Gasteiger partial charge in [-0.1, -0.05) is 6.07 Å². The molecule has 0 saturated heterocycles.